The lowest BCUT2D eigenvalue weighted by atomic mass is 9.89. The van der Waals surface area contributed by atoms with E-state index in [1.54, 1.807) is 0 Å². The van der Waals surface area contributed by atoms with Crippen molar-refractivity contribution in [2.45, 2.75) is 50.7 Å². The van der Waals surface area contributed by atoms with Crippen LogP contribution in [-0.2, 0) is 0 Å². The van der Waals surface area contributed by atoms with Gasteiger partial charge < -0.3 is 9.80 Å². The van der Waals surface area contributed by atoms with Gasteiger partial charge in [-0.05, 0) is 57.7 Å². The molecule has 1 aliphatic carbocycles. The lowest BCUT2D eigenvalue weighted by molar-refractivity contribution is -0.0884. The first-order valence-electron chi connectivity index (χ1n) is 10.6. The number of likely N-dealkylation sites (N-methyl/N-ethyl adjacent to an activating group) is 1. The Morgan fingerprint density at radius 1 is 0.880 bits per heavy atom. The highest BCUT2D eigenvalue weighted by Crippen LogP contribution is 2.49. The molecule has 0 radical (unpaired) electrons. The Morgan fingerprint density at radius 2 is 1.48 bits per heavy atom. The number of hydrogen-bond donors (Lipinski definition) is 0. The van der Waals surface area contributed by atoms with Gasteiger partial charge in [-0.2, -0.15) is 0 Å². The molecule has 0 atom stereocenters. The fourth-order valence-electron chi connectivity index (χ4n) is 5.16. The van der Waals surface area contributed by atoms with Crippen LogP contribution in [0.15, 0.2) is 0 Å². The first-order chi connectivity index (χ1) is 12.0. The predicted molar refractivity (Wildman–Crippen MR) is 101 cm³/mol. The minimum atomic E-state index is -0.951. The molecule has 0 spiro atoms. The fraction of sp³-hybridized carbons (Fsp3) is 1.00. The quantitative estimate of drug-likeness (QED) is 0.724. The van der Waals surface area contributed by atoms with Gasteiger partial charge in [0, 0.05) is 58.4 Å². The molecule has 4 nitrogen and oxygen atoms in total. The third kappa shape index (κ3) is 4.20. The maximum atomic E-state index is 15.0. The maximum Gasteiger partial charge on any atom is 0.148 e. The third-order valence-electron chi connectivity index (χ3n) is 7.42. The van der Waals surface area contributed by atoms with Gasteiger partial charge in [0.15, 0.2) is 0 Å². The maximum absolute atomic E-state index is 15.0. The number of hydrogen-bond acceptors (Lipinski definition) is 4. The topological polar surface area (TPSA) is 13.0 Å². The van der Waals surface area contributed by atoms with Gasteiger partial charge in [-0.25, -0.2) is 4.39 Å². The van der Waals surface area contributed by atoms with Gasteiger partial charge in [0.1, 0.15) is 5.67 Å². The summed E-state index contributed by atoms with van der Waals surface area (Å²) >= 11 is 0. The van der Waals surface area contributed by atoms with E-state index in [9.17, 15) is 0 Å². The van der Waals surface area contributed by atoms with Crippen LogP contribution in [0.2, 0.25) is 0 Å². The molecule has 5 heteroatoms. The second kappa shape index (κ2) is 7.06. The van der Waals surface area contributed by atoms with E-state index in [2.05, 4.69) is 33.6 Å². The van der Waals surface area contributed by atoms with E-state index < -0.39 is 5.67 Å². The smallest absolute Gasteiger partial charge is 0.148 e. The molecule has 0 aromatic heterocycles. The van der Waals surface area contributed by atoms with E-state index in [0.717, 1.165) is 26.2 Å². The molecule has 0 aromatic carbocycles. The monoisotopic (exact) mass is 352 g/mol. The Kier molecular flexibility index (Phi) is 5.13. The molecule has 3 heterocycles. The van der Waals surface area contributed by atoms with E-state index in [0.29, 0.717) is 31.1 Å². The molecule has 0 aromatic rings. The molecule has 25 heavy (non-hydrogen) atoms. The van der Waals surface area contributed by atoms with Crippen molar-refractivity contribution in [2.24, 2.45) is 5.41 Å². The zero-order valence-electron chi connectivity index (χ0n) is 16.4. The summed E-state index contributed by atoms with van der Waals surface area (Å²) in [5, 5.41) is 0. The van der Waals surface area contributed by atoms with Gasteiger partial charge in [-0.3, -0.25) is 9.80 Å². The lowest BCUT2D eigenvalue weighted by Gasteiger charge is -2.52. The minimum Gasteiger partial charge on any atom is -0.304 e. The minimum absolute atomic E-state index is 0.629. The SMILES string of the molecule is CCC1(CN2CCC(N3CC(F)(CN4CCN(C)CC4)C3)CC2)CC1. The molecule has 0 amide bonds. The van der Waals surface area contributed by atoms with Crippen LogP contribution >= 0.6 is 0 Å². The fourth-order valence-corrected chi connectivity index (χ4v) is 5.16. The zero-order chi connectivity index (χ0) is 17.5. The van der Waals surface area contributed by atoms with Crippen molar-refractivity contribution in [1.29, 1.82) is 0 Å². The summed E-state index contributed by atoms with van der Waals surface area (Å²) in [6.07, 6.45) is 6.70. The van der Waals surface area contributed by atoms with Crippen LogP contribution in [-0.4, -0.2) is 104 Å². The summed E-state index contributed by atoms with van der Waals surface area (Å²) < 4.78 is 15.0. The van der Waals surface area contributed by atoms with Crippen molar-refractivity contribution in [3.05, 3.63) is 0 Å². The number of piperidine rings is 1. The summed E-state index contributed by atoms with van der Waals surface area (Å²) in [7, 11) is 2.16. The summed E-state index contributed by atoms with van der Waals surface area (Å²) in [6.45, 7) is 12.3. The van der Waals surface area contributed by atoms with Crippen LogP contribution in [0.3, 0.4) is 0 Å². The second-order valence-electron chi connectivity index (χ2n) is 9.50. The van der Waals surface area contributed by atoms with Crippen molar-refractivity contribution in [3.8, 4) is 0 Å². The number of nitrogens with zero attached hydrogens (tertiary/aromatic N) is 4. The van der Waals surface area contributed by atoms with Gasteiger partial charge in [-0.1, -0.05) is 6.92 Å². The van der Waals surface area contributed by atoms with Crippen molar-refractivity contribution in [2.75, 3.05) is 72.5 Å². The number of rotatable bonds is 6. The lowest BCUT2D eigenvalue weighted by Crippen LogP contribution is -2.67. The van der Waals surface area contributed by atoms with Crippen molar-refractivity contribution >= 4 is 0 Å². The van der Waals surface area contributed by atoms with Crippen molar-refractivity contribution in [3.63, 3.8) is 0 Å². The van der Waals surface area contributed by atoms with Crippen molar-refractivity contribution in [1.82, 2.24) is 19.6 Å². The molecule has 3 aliphatic heterocycles. The average Bonchev–Trinajstić information content (AvgIpc) is 3.36. The standard InChI is InChI=1S/C20H37FN4/c1-3-19(6-7-19)14-23-8-4-18(5-9-23)25-16-20(21,17-25)15-24-12-10-22(2)11-13-24/h18H,3-17H2,1-2H3. The Labute approximate surface area is 153 Å². The summed E-state index contributed by atoms with van der Waals surface area (Å²) in [5.41, 5.74) is -0.284. The molecular weight excluding hydrogens is 315 g/mol. The summed E-state index contributed by atoms with van der Waals surface area (Å²) in [5.74, 6) is 0. The Bertz CT molecular complexity index is 445. The van der Waals surface area contributed by atoms with E-state index in [-0.39, 0.29) is 0 Å². The predicted octanol–water partition coefficient (Wildman–Crippen LogP) is 1.91. The van der Waals surface area contributed by atoms with Crippen LogP contribution in [0.25, 0.3) is 0 Å². The van der Waals surface area contributed by atoms with E-state index in [1.807, 2.05) is 0 Å². The number of piperazine rings is 1. The van der Waals surface area contributed by atoms with Crippen LogP contribution in [0.1, 0.15) is 39.0 Å². The number of likely N-dealkylation sites (tertiary alicyclic amines) is 2. The summed E-state index contributed by atoms with van der Waals surface area (Å²) in [4.78, 5) is 9.78. The van der Waals surface area contributed by atoms with Crippen LogP contribution in [0.5, 0.6) is 0 Å². The van der Waals surface area contributed by atoms with Crippen LogP contribution < -0.4 is 0 Å². The average molecular weight is 353 g/mol. The van der Waals surface area contributed by atoms with E-state index in [1.165, 1.54) is 51.7 Å². The largest absolute Gasteiger partial charge is 0.304 e. The van der Waals surface area contributed by atoms with Crippen molar-refractivity contribution < 1.29 is 4.39 Å². The molecule has 4 rings (SSSR count). The molecule has 3 saturated heterocycles. The third-order valence-corrected chi connectivity index (χ3v) is 7.42. The molecule has 0 unspecified atom stereocenters. The highest BCUT2D eigenvalue weighted by Gasteiger charge is 2.48. The first-order valence-corrected chi connectivity index (χ1v) is 10.6. The van der Waals surface area contributed by atoms with Gasteiger partial charge >= 0.3 is 0 Å². The molecule has 4 aliphatic rings. The van der Waals surface area contributed by atoms with E-state index >= 15 is 4.39 Å². The Hall–Kier alpha value is -0.230. The number of halogens is 1. The van der Waals surface area contributed by atoms with Gasteiger partial charge in [-0.15, -0.1) is 0 Å². The highest BCUT2D eigenvalue weighted by atomic mass is 19.1. The van der Waals surface area contributed by atoms with Gasteiger partial charge in [0.25, 0.3) is 0 Å². The van der Waals surface area contributed by atoms with Crippen LogP contribution in [0, 0.1) is 5.41 Å². The molecule has 1 saturated carbocycles. The Balaban J connectivity index is 1.17. The first kappa shape index (κ1) is 18.1. The molecule has 0 N–H and O–H groups in total. The highest BCUT2D eigenvalue weighted by molar-refractivity contribution is 5.02. The molecular formula is C20H37FN4. The van der Waals surface area contributed by atoms with Gasteiger partial charge in [0.05, 0.1) is 0 Å². The second-order valence-corrected chi connectivity index (χ2v) is 9.50. The van der Waals surface area contributed by atoms with Gasteiger partial charge in [0.2, 0.25) is 0 Å². The zero-order valence-corrected chi connectivity index (χ0v) is 16.4. The molecule has 144 valence electrons. The normalized spacial score (nSPS) is 31.8. The molecule has 0 bridgehead atoms. The molecule has 4 fully saturated rings. The van der Waals surface area contributed by atoms with E-state index in [4.69, 9.17) is 0 Å². The number of alkyl halides is 1. The van der Waals surface area contributed by atoms with Crippen LogP contribution in [0.4, 0.5) is 4.39 Å². The Morgan fingerprint density at radius 3 is 2.04 bits per heavy atom. The summed E-state index contributed by atoms with van der Waals surface area (Å²) in [6, 6.07) is 0.629.